The zero-order chi connectivity index (χ0) is 17.4. The van der Waals surface area contributed by atoms with E-state index < -0.39 is 0 Å². The van der Waals surface area contributed by atoms with E-state index in [1.165, 1.54) is 6.92 Å². The second kappa shape index (κ2) is 9.60. The maximum Gasteiger partial charge on any atom is 0.294 e. The van der Waals surface area contributed by atoms with E-state index in [9.17, 15) is 9.59 Å². The van der Waals surface area contributed by atoms with Crippen molar-refractivity contribution >= 4 is 22.8 Å². The predicted octanol–water partition coefficient (Wildman–Crippen LogP) is 2.68. The first kappa shape index (κ1) is 19.5. The Balaban J connectivity index is 2.70. The summed E-state index contributed by atoms with van der Waals surface area (Å²) in [7, 11) is 0. The number of hydrogen-bond acceptors (Lipinski definition) is 5. The first-order chi connectivity index (χ1) is 10.9. The first-order valence-electron chi connectivity index (χ1n) is 8.02. The molecule has 0 radical (unpaired) electrons. The van der Waals surface area contributed by atoms with Gasteiger partial charge in [0, 0.05) is 6.92 Å². The SMILES string of the molecule is CCOc1nc(CC)c(CNC(=O)[C@H](CC(C)C)SC(C)=O)[nH]1. The third kappa shape index (κ3) is 6.64. The molecule has 0 aliphatic heterocycles. The van der Waals surface area contributed by atoms with Crippen molar-refractivity contribution in [1.29, 1.82) is 0 Å². The van der Waals surface area contributed by atoms with Crippen molar-refractivity contribution in [2.24, 2.45) is 5.92 Å². The molecule has 1 aromatic rings. The van der Waals surface area contributed by atoms with E-state index in [-0.39, 0.29) is 16.3 Å². The number of hydrogen-bond donors (Lipinski definition) is 2. The van der Waals surface area contributed by atoms with Crippen molar-refractivity contribution in [3.05, 3.63) is 11.4 Å². The van der Waals surface area contributed by atoms with Gasteiger partial charge in [-0.05, 0) is 25.7 Å². The van der Waals surface area contributed by atoms with E-state index in [0.29, 0.717) is 31.5 Å². The van der Waals surface area contributed by atoms with E-state index in [1.54, 1.807) is 0 Å². The summed E-state index contributed by atoms with van der Waals surface area (Å²) in [5.41, 5.74) is 1.73. The summed E-state index contributed by atoms with van der Waals surface area (Å²) in [6.45, 7) is 10.4. The highest BCUT2D eigenvalue weighted by Gasteiger charge is 2.22. The van der Waals surface area contributed by atoms with Crippen molar-refractivity contribution in [2.45, 2.75) is 59.3 Å². The Labute approximate surface area is 142 Å². The van der Waals surface area contributed by atoms with Crippen LogP contribution in [0.2, 0.25) is 0 Å². The van der Waals surface area contributed by atoms with Crippen molar-refractivity contribution < 1.29 is 14.3 Å². The maximum atomic E-state index is 12.4. The lowest BCUT2D eigenvalue weighted by Gasteiger charge is -2.16. The summed E-state index contributed by atoms with van der Waals surface area (Å²) in [5, 5.41) is 2.50. The highest BCUT2D eigenvalue weighted by Crippen LogP contribution is 2.20. The summed E-state index contributed by atoms with van der Waals surface area (Å²) in [6.07, 6.45) is 1.43. The summed E-state index contributed by atoms with van der Waals surface area (Å²) in [5.74, 6) is 0.231. The molecule has 0 aromatic carbocycles. The molecule has 1 amide bonds. The maximum absolute atomic E-state index is 12.4. The Kier molecular flexibility index (Phi) is 8.16. The molecule has 0 aliphatic carbocycles. The van der Waals surface area contributed by atoms with Crippen molar-refractivity contribution in [1.82, 2.24) is 15.3 Å². The molecule has 0 saturated carbocycles. The Morgan fingerprint density at radius 3 is 2.57 bits per heavy atom. The van der Waals surface area contributed by atoms with Gasteiger partial charge in [0.05, 0.1) is 29.8 Å². The number of aromatic nitrogens is 2. The molecule has 0 aliphatic rings. The van der Waals surface area contributed by atoms with Crippen LogP contribution in [0.25, 0.3) is 0 Å². The molecule has 1 heterocycles. The zero-order valence-electron chi connectivity index (χ0n) is 14.6. The van der Waals surface area contributed by atoms with Gasteiger partial charge < -0.3 is 15.0 Å². The molecule has 6 nitrogen and oxygen atoms in total. The van der Waals surface area contributed by atoms with Gasteiger partial charge in [-0.1, -0.05) is 32.5 Å². The number of H-pyrrole nitrogens is 1. The number of nitrogens with zero attached hydrogens (tertiary/aromatic N) is 1. The number of aryl methyl sites for hydroxylation is 1. The summed E-state index contributed by atoms with van der Waals surface area (Å²) in [4.78, 5) is 31.1. The Bertz CT molecular complexity index is 529. The second-order valence-corrected chi connectivity index (χ2v) is 7.08. The van der Waals surface area contributed by atoms with Crippen LogP contribution in [0.15, 0.2) is 0 Å². The Hall–Kier alpha value is -1.50. The van der Waals surface area contributed by atoms with Gasteiger partial charge in [-0.3, -0.25) is 9.59 Å². The number of nitrogens with one attached hydrogen (secondary N) is 2. The average Bonchev–Trinajstić information content (AvgIpc) is 2.85. The third-order valence-corrected chi connectivity index (χ3v) is 4.21. The molecule has 0 bridgehead atoms. The number of aromatic amines is 1. The van der Waals surface area contributed by atoms with Crippen molar-refractivity contribution in [3.63, 3.8) is 0 Å². The van der Waals surface area contributed by atoms with E-state index in [2.05, 4.69) is 15.3 Å². The van der Waals surface area contributed by atoms with E-state index >= 15 is 0 Å². The van der Waals surface area contributed by atoms with Crippen LogP contribution in [0.5, 0.6) is 6.01 Å². The molecule has 0 fully saturated rings. The van der Waals surface area contributed by atoms with Gasteiger partial charge in [0.15, 0.2) is 5.12 Å². The van der Waals surface area contributed by atoms with E-state index in [4.69, 9.17) is 4.74 Å². The lowest BCUT2D eigenvalue weighted by Crippen LogP contribution is -2.34. The normalized spacial score (nSPS) is 12.3. The van der Waals surface area contributed by atoms with Crippen LogP contribution >= 0.6 is 11.8 Å². The van der Waals surface area contributed by atoms with Crippen LogP contribution in [-0.4, -0.2) is 32.8 Å². The minimum Gasteiger partial charge on any atom is -0.465 e. The minimum atomic E-state index is -0.355. The monoisotopic (exact) mass is 341 g/mol. The lowest BCUT2D eigenvalue weighted by atomic mass is 10.1. The van der Waals surface area contributed by atoms with Crippen LogP contribution in [0.4, 0.5) is 0 Å². The number of rotatable bonds is 9. The molecular weight excluding hydrogens is 314 g/mol. The highest BCUT2D eigenvalue weighted by molar-refractivity contribution is 8.14. The number of ether oxygens (including phenoxy) is 1. The van der Waals surface area contributed by atoms with Gasteiger partial charge in [-0.25, -0.2) is 4.98 Å². The molecule has 2 N–H and O–H groups in total. The van der Waals surface area contributed by atoms with Gasteiger partial charge in [-0.15, -0.1) is 0 Å². The minimum absolute atomic E-state index is 0.0415. The van der Waals surface area contributed by atoms with Crippen LogP contribution in [0.1, 0.15) is 52.4 Å². The van der Waals surface area contributed by atoms with Crippen LogP contribution in [0.3, 0.4) is 0 Å². The lowest BCUT2D eigenvalue weighted by molar-refractivity contribution is -0.121. The number of thioether (sulfide) groups is 1. The Morgan fingerprint density at radius 1 is 1.35 bits per heavy atom. The topological polar surface area (TPSA) is 84.1 Å². The van der Waals surface area contributed by atoms with Gasteiger partial charge in [0.25, 0.3) is 6.01 Å². The molecule has 0 spiro atoms. The fourth-order valence-corrected chi connectivity index (χ4v) is 3.26. The fraction of sp³-hybridized carbons (Fsp3) is 0.688. The summed E-state index contributed by atoms with van der Waals surface area (Å²) < 4.78 is 5.36. The fourth-order valence-electron chi connectivity index (χ4n) is 2.19. The number of carbonyl (C=O) groups is 2. The molecule has 130 valence electrons. The second-order valence-electron chi connectivity index (χ2n) is 5.70. The molecule has 23 heavy (non-hydrogen) atoms. The molecule has 1 atom stereocenters. The number of imidazole rings is 1. The molecule has 1 aromatic heterocycles. The summed E-state index contributed by atoms with van der Waals surface area (Å²) >= 11 is 1.09. The van der Waals surface area contributed by atoms with Crippen molar-refractivity contribution in [2.75, 3.05) is 6.61 Å². The molecule has 1 rings (SSSR count). The van der Waals surface area contributed by atoms with Gasteiger partial charge >= 0.3 is 0 Å². The molecular formula is C16H27N3O3S. The van der Waals surface area contributed by atoms with Gasteiger partial charge in [0.1, 0.15) is 0 Å². The summed E-state index contributed by atoms with van der Waals surface area (Å²) in [6, 6.07) is 0.477. The first-order valence-corrected chi connectivity index (χ1v) is 8.90. The van der Waals surface area contributed by atoms with Crippen LogP contribution in [-0.2, 0) is 22.6 Å². The highest BCUT2D eigenvalue weighted by atomic mass is 32.2. The van der Waals surface area contributed by atoms with Crippen molar-refractivity contribution in [3.8, 4) is 6.01 Å². The average molecular weight is 341 g/mol. The van der Waals surface area contributed by atoms with E-state index in [1.807, 2.05) is 27.7 Å². The predicted molar refractivity (Wildman–Crippen MR) is 92.5 cm³/mol. The smallest absolute Gasteiger partial charge is 0.294 e. The molecule has 7 heteroatoms. The van der Waals surface area contributed by atoms with Crippen LogP contribution in [0, 0.1) is 5.92 Å². The van der Waals surface area contributed by atoms with Crippen LogP contribution < -0.4 is 10.1 Å². The van der Waals surface area contributed by atoms with Gasteiger partial charge in [-0.2, -0.15) is 0 Å². The van der Waals surface area contributed by atoms with Gasteiger partial charge in [0.2, 0.25) is 5.91 Å². The standard InChI is InChI=1S/C16H27N3O3S/c1-6-12-13(19-16(18-12)22-7-2)9-17-15(21)14(8-10(3)4)23-11(5)20/h10,14H,6-9H2,1-5H3,(H,17,21)(H,18,19)/t14-/m0/s1. The van der Waals surface area contributed by atoms with E-state index in [0.717, 1.165) is 29.6 Å². The third-order valence-electron chi connectivity index (χ3n) is 3.18. The number of amides is 1. The quantitative estimate of drug-likeness (QED) is 0.721. The Morgan fingerprint density at radius 2 is 2.04 bits per heavy atom. The number of carbonyl (C=O) groups excluding carboxylic acids is 2. The molecule has 0 unspecified atom stereocenters. The zero-order valence-corrected chi connectivity index (χ0v) is 15.4. The largest absolute Gasteiger partial charge is 0.465 e. The molecule has 0 saturated heterocycles.